The van der Waals surface area contributed by atoms with Gasteiger partial charge in [-0.15, -0.1) is 11.3 Å². The minimum absolute atomic E-state index is 0.0395. The van der Waals surface area contributed by atoms with Gasteiger partial charge in [-0.3, -0.25) is 9.78 Å². The number of carbonyl (C=O) groups excluding carboxylic acids is 1. The van der Waals surface area contributed by atoms with Gasteiger partial charge in [0.05, 0.1) is 10.2 Å². The molecule has 1 aliphatic rings. The molecule has 1 unspecified atom stereocenters. The van der Waals surface area contributed by atoms with Gasteiger partial charge in [-0.05, 0) is 29.9 Å². The molecule has 1 amide bonds. The summed E-state index contributed by atoms with van der Waals surface area (Å²) in [6.45, 7) is 3.19. The van der Waals surface area contributed by atoms with Crippen LogP contribution < -0.4 is 4.72 Å². The number of likely N-dealkylation sites (tertiary alicyclic amines) is 1. The zero-order chi connectivity index (χ0) is 15.7. The Kier molecular flexibility index (Phi) is 4.16. The molecule has 3 rings (SSSR count). The minimum atomic E-state index is -3.56. The first-order chi connectivity index (χ1) is 10.5. The van der Waals surface area contributed by atoms with E-state index in [1.165, 1.54) is 24.5 Å². The van der Waals surface area contributed by atoms with Crippen molar-refractivity contribution < 1.29 is 13.2 Å². The van der Waals surface area contributed by atoms with E-state index in [0.29, 0.717) is 19.6 Å². The van der Waals surface area contributed by atoms with Gasteiger partial charge in [0.1, 0.15) is 4.90 Å². The highest BCUT2D eigenvalue weighted by Crippen LogP contribution is 2.22. The number of sulfonamides is 1. The van der Waals surface area contributed by atoms with Crippen LogP contribution in [-0.2, 0) is 14.8 Å². The average molecular weight is 339 g/mol. The third-order valence-electron chi connectivity index (χ3n) is 3.88. The predicted molar refractivity (Wildman–Crippen MR) is 85.2 cm³/mol. The number of fused-ring (bicyclic) bond motifs is 1. The van der Waals surface area contributed by atoms with Crippen LogP contribution in [-0.4, -0.2) is 43.8 Å². The van der Waals surface area contributed by atoms with Gasteiger partial charge in [0.15, 0.2) is 0 Å². The number of pyridine rings is 1. The largest absolute Gasteiger partial charge is 0.343 e. The van der Waals surface area contributed by atoms with Gasteiger partial charge in [-0.25, -0.2) is 13.1 Å². The summed E-state index contributed by atoms with van der Waals surface area (Å²) in [5, 5.41) is 1.89. The maximum absolute atomic E-state index is 12.3. The van der Waals surface area contributed by atoms with Gasteiger partial charge < -0.3 is 4.90 Å². The summed E-state index contributed by atoms with van der Waals surface area (Å²) < 4.78 is 28.2. The highest BCUT2D eigenvalue weighted by Gasteiger charge is 2.26. The average Bonchev–Trinajstić information content (AvgIpc) is 3.13. The van der Waals surface area contributed by atoms with Crippen LogP contribution in [0.4, 0.5) is 0 Å². The standard InChI is InChI=1S/C14H17N3O3S2/c1-10(18)17-4-2-11(9-17)7-16-22(19,20)12-6-14-13(15-8-12)3-5-21-14/h3,5-6,8,11,16H,2,4,7,9H2,1H3. The normalized spacial score (nSPS) is 19.0. The number of hydrogen-bond acceptors (Lipinski definition) is 5. The van der Waals surface area contributed by atoms with E-state index in [4.69, 9.17) is 0 Å². The van der Waals surface area contributed by atoms with Crippen LogP contribution in [0.1, 0.15) is 13.3 Å². The third kappa shape index (κ3) is 3.13. The zero-order valence-corrected chi connectivity index (χ0v) is 13.8. The van der Waals surface area contributed by atoms with E-state index in [1.54, 1.807) is 11.0 Å². The summed E-state index contributed by atoms with van der Waals surface area (Å²) in [6.07, 6.45) is 2.21. The number of carbonyl (C=O) groups is 1. The van der Waals surface area contributed by atoms with E-state index >= 15 is 0 Å². The molecule has 1 atom stereocenters. The lowest BCUT2D eigenvalue weighted by Gasteiger charge is -2.14. The van der Waals surface area contributed by atoms with Crippen molar-refractivity contribution in [2.24, 2.45) is 5.92 Å². The molecule has 1 aliphatic heterocycles. The molecule has 0 spiro atoms. The molecule has 3 heterocycles. The van der Waals surface area contributed by atoms with E-state index in [1.807, 2.05) is 11.4 Å². The molecule has 8 heteroatoms. The molecule has 1 N–H and O–H groups in total. The Morgan fingerprint density at radius 3 is 3.09 bits per heavy atom. The third-order valence-corrected chi connectivity index (χ3v) is 6.12. The fraction of sp³-hybridized carbons (Fsp3) is 0.429. The Hall–Kier alpha value is -1.51. The highest BCUT2D eigenvalue weighted by atomic mass is 32.2. The number of thiophene rings is 1. The molecule has 2 aromatic heterocycles. The van der Waals surface area contributed by atoms with Gasteiger partial charge >= 0.3 is 0 Å². The second-order valence-electron chi connectivity index (χ2n) is 5.45. The molecule has 1 saturated heterocycles. The van der Waals surface area contributed by atoms with Gasteiger partial charge in [0.25, 0.3) is 0 Å². The first-order valence-corrected chi connectivity index (χ1v) is 9.40. The lowest BCUT2D eigenvalue weighted by Crippen LogP contribution is -2.32. The number of amides is 1. The van der Waals surface area contributed by atoms with Crippen molar-refractivity contribution in [2.45, 2.75) is 18.2 Å². The molecular formula is C14H17N3O3S2. The molecule has 0 aromatic carbocycles. The Morgan fingerprint density at radius 1 is 1.55 bits per heavy atom. The van der Waals surface area contributed by atoms with Crippen molar-refractivity contribution >= 4 is 37.5 Å². The summed E-state index contributed by atoms with van der Waals surface area (Å²) in [7, 11) is -3.56. The monoisotopic (exact) mass is 339 g/mol. The summed E-state index contributed by atoms with van der Waals surface area (Å²) in [5.74, 6) is 0.204. The molecule has 118 valence electrons. The van der Waals surface area contributed by atoms with E-state index in [-0.39, 0.29) is 16.7 Å². The van der Waals surface area contributed by atoms with Crippen molar-refractivity contribution in [3.8, 4) is 0 Å². The van der Waals surface area contributed by atoms with E-state index in [2.05, 4.69) is 9.71 Å². The summed E-state index contributed by atoms with van der Waals surface area (Å²) in [4.78, 5) is 17.4. The van der Waals surface area contributed by atoms with Crippen LogP contribution in [0.15, 0.2) is 28.6 Å². The second kappa shape index (κ2) is 5.94. The van der Waals surface area contributed by atoms with Crippen molar-refractivity contribution in [3.63, 3.8) is 0 Å². The van der Waals surface area contributed by atoms with E-state index < -0.39 is 10.0 Å². The fourth-order valence-electron chi connectivity index (χ4n) is 2.57. The smallest absolute Gasteiger partial charge is 0.242 e. The SMILES string of the molecule is CC(=O)N1CCC(CNS(=O)(=O)c2cnc3ccsc3c2)C1. The first kappa shape index (κ1) is 15.4. The molecule has 1 fully saturated rings. The number of aromatic nitrogens is 1. The molecule has 6 nitrogen and oxygen atoms in total. The molecular weight excluding hydrogens is 322 g/mol. The number of rotatable bonds is 4. The van der Waals surface area contributed by atoms with E-state index in [9.17, 15) is 13.2 Å². The minimum Gasteiger partial charge on any atom is -0.343 e. The first-order valence-electron chi connectivity index (χ1n) is 7.04. The predicted octanol–water partition coefficient (Wildman–Crippen LogP) is 1.44. The van der Waals surface area contributed by atoms with Crippen LogP contribution in [0.2, 0.25) is 0 Å². The number of nitrogens with zero attached hydrogens (tertiary/aromatic N) is 2. The second-order valence-corrected chi connectivity index (χ2v) is 8.16. The zero-order valence-electron chi connectivity index (χ0n) is 12.2. The lowest BCUT2D eigenvalue weighted by molar-refractivity contribution is -0.127. The Morgan fingerprint density at radius 2 is 2.36 bits per heavy atom. The highest BCUT2D eigenvalue weighted by molar-refractivity contribution is 7.89. The van der Waals surface area contributed by atoms with Crippen LogP contribution in [0.3, 0.4) is 0 Å². The van der Waals surface area contributed by atoms with Crippen molar-refractivity contribution in [2.75, 3.05) is 19.6 Å². The summed E-state index contributed by atoms with van der Waals surface area (Å²) >= 11 is 1.47. The molecule has 0 aliphatic carbocycles. The summed E-state index contributed by atoms with van der Waals surface area (Å²) in [5.41, 5.74) is 0.803. The van der Waals surface area contributed by atoms with Gasteiger partial charge in [0, 0.05) is 32.8 Å². The van der Waals surface area contributed by atoms with Gasteiger partial charge in [0.2, 0.25) is 15.9 Å². The van der Waals surface area contributed by atoms with Crippen LogP contribution >= 0.6 is 11.3 Å². The molecule has 0 radical (unpaired) electrons. The maximum Gasteiger partial charge on any atom is 0.242 e. The molecule has 0 bridgehead atoms. The Balaban J connectivity index is 1.67. The fourth-order valence-corrected chi connectivity index (χ4v) is 4.51. The summed E-state index contributed by atoms with van der Waals surface area (Å²) in [6, 6.07) is 3.50. The quantitative estimate of drug-likeness (QED) is 0.914. The van der Waals surface area contributed by atoms with Crippen molar-refractivity contribution in [3.05, 3.63) is 23.7 Å². The van der Waals surface area contributed by atoms with Crippen LogP contribution in [0.5, 0.6) is 0 Å². The lowest BCUT2D eigenvalue weighted by atomic mass is 10.1. The topological polar surface area (TPSA) is 79.4 Å². The van der Waals surface area contributed by atoms with Crippen molar-refractivity contribution in [1.29, 1.82) is 0 Å². The molecule has 2 aromatic rings. The Labute approximate surface area is 133 Å². The Bertz CT molecular complexity index is 801. The number of nitrogens with one attached hydrogen (secondary N) is 1. The van der Waals surface area contributed by atoms with Crippen LogP contribution in [0.25, 0.3) is 10.2 Å². The molecule has 22 heavy (non-hydrogen) atoms. The molecule has 0 saturated carbocycles. The van der Waals surface area contributed by atoms with Crippen molar-refractivity contribution in [1.82, 2.24) is 14.6 Å². The van der Waals surface area contributed by atoms with Crippen LogP contribution in [0, 0.1) is 5.92 Å². The van der Waals surface area contributed by atoms with Gasteiger partial charge in [-0.1, -0.05) is 0 Å². The maximum atomic E-state index is 12.3. The van der Waals surface area contributed by atoms with Gasteiger partial charge in [-0.2, -0.15) is 0 Å². The number of hydrogen-bond donors (Lipinski definition) is 1. The van der Waals surface area contributed by atoms with E-state index in [0.717, 1.165) is 16.6 Å².